The summed E-state index contributed by atoms with van der Waals surface area (Å²) < 4.78 is 10.3. The van der Waals surface area contributed by atoms with Crippen LogP contribution in [0, 0.1) is 0 Å². The molecule has 1 heterocycles. The minimum atomic E-state index is -0.720. The highest BCUT2D eigenvalue weighted by molar-refractivity contribution is 6.32. The average molecular weight is 216 g/mol. The average Bonchev–Trinajstić information content (AvgIpc) is 2.64. The SMILES string of the molecule is NC[C@H](O)c1cc(Cl)c2c(c1)OCO2. The van der Waals surface area contributed by atoms with Gasteiger partial charge in [-0.3, -0.25) is 0 Å². The maximum absolute atomic E-state index is 9.50. The van der Waals surface area contributed by atoms with E-state index in [-0.39, 0.29) is 13.3 Å². The Kier molecular flexibility index (Phi) is 2.50. The van der Waals surface area contributed by atoms with Crippen LogP contribution in [0.3, 0.4) is 0 Å². The Labute approximate surface area is 86.2 Å². The number of hydrogen-bond donors (Lipinski definition) is 2. The zero-order chi connectivity index (χ0) is 10.1. The van der Waals surface area contributed by atoms with Crippen molar-refractivity contribution in [1.82, 2.24) is 0 Å². The van der Waals surface area contributed by atoms with E-state index in [0.29, 0.717) is 22.1 Å². The Morgan fingerprint density at radius 2 is 2.29 bits per heavy atom. The van der Waals surface area contributed by atoms with Gasteiger partial charge in [0, 0.05) is 6.54 Å². The Bertz CT molecular complexity index is 356. The molecule has 76 valence electrons. The van der Waals surface area contributed by atoms with E-state index in [9.17, 15) is 5.11 Å². The Morgan fingerprint density at radius 1 is 1.50 bits per heavy atom. The Balaban J connectivity index is 2.41. The third kappa shape index (κ3) is 1.52. The first-order chi connectivity index (χ1) is 6.72. The molecule has 1 aromatic carbocycles. The number of benzene rings is 1. The zero-order valence-corrected chi connectivity index (χ0v) is 8.12. The molecule has 0 amide bonds. The van der Waals surface area contributed by atoms with E-state index >= 15 is 0 Å². The molecule has 0 bridgehead atoms. The number of fused-ring (bicyclic) bond motifs is 1. The predicted octanol–water partition coefficient (Wildman–Crippen LogP) is 1.06. The number of hydrogen-bond acceptors (Lipinski definition) is 4. The smallest absolute Gasteiger partial charge is 0.231 e. The monoisotopic (exact) mass is 215 g/mol. The normalized spacial score (nSPS) is 15.6. The predicted molar refractivity (Wildman–Crippen MR) is 51.6 cm³/mol. The van der Waals surface area contributed by atoms with Crippen molar-refractivity contribution < 1.29 is 14.6 Å². The number of aliphatic hydroxyl groups is 1. The van der Waals surface area contributed by atoms with E-state index in [1.807, 2.05) is 0 Å². The Morgan fingerprint density at radius 3 is 3.00 bits per heavy atom. The van der Waals surface area contributed by atoms with Crippen LogP contribution in [0.5, 0.6) is 11.5 Å². The number of ether oxygens (including phenoxy) is 2. The quantitative estimate of drug-likeness (QED) is 0.775. The molecule has 1 aliphatic rings. The summed E-state index contributed by atoms with van der Waals surface area (Å²) in [6, 6.07) is 3.32. The molecule has 0 unspecified atom stereocenters. The Hall–Kier alpha value is -0.970. The molecule has 0 saturated heterocycles. The van der Waals surface area contributed by atoms with Gasteiger partial charge in [-0.1, -0.05) is 11.6 Å². The molecule has 2 rings (SSSR count). The first-order valence-electron chi connectivity index (χ1n) is 4.19. The topological polar surface area (TPSA) is 64.7 Å². The van der Waals surface area contributed by atoms with Crippen molar-refractivity contribution in [2.45, 2.75) is 6.10 Å². The van der Waals surface area contributed by atoms with Gasteiger partial charge >= 0.3 is 0 Å². The van der Waals surface area contributed by atoms with E-state index in [1.165, 1.54) is 0 Å². The molecule has 0 radical (unpaired) electrons. The zero-order valence-electron chi connectivity index (χ0n) is 7.37. The number of nitrogens with two attached hydrogens (primary N) is 1. The second kappa shape index (κ2) is 3.65. The molecule has 0 saturated carbocycles. The van der Waals surface area contributed by atoms with Crippen LogP contribution < -0.4 is 15.2 Å². The van der Waals surface area contributed by atoms with E-state index in [2.05, 4.69) is 0 Å². The fourth-order valence-electron chi connectivity index (χ4n) is 1.32. The summed E-state index contributed by atoms with van der Waals surface area (Å²) in [6.45, 7) is 0.313. The van der Waals surface area contributed by atoms with Gasteiger partial charge in [-0.05, 0) is 17.7 Å². The van der Waals surface area contributed by atoms with Gasteiger partial charge in [0.25, 0.3) is 0 Å². The summed E-state index contributed by atoms with van der Waals surface area (Å²) >= 11 is 5.92. The van der Waals surface area contributed by atoms with Crippen molar-refractivity contribution in [3.8, 4) is 11.5 Å². The summed E-state index contributed by atoms with van der Waals surface area (Å²) in [5, 5.41) is 9.94. The molecule has 1 aromatic rings. The van der Waals surface area contributed by atoms with Crippen LogP contribution in [0.25, 0.3) is 0 Å². The minimum Gasteiger partial charge on any atom is -0.454 e. The molecule has 0 aliphatic carbocycles. The van der Waals surface area contributed by atoms with E-state index in [1.54, 1.807) is 12.1 Å². The van der Waals surface area contributed by atoms with Crippen molar-refractivity contribution >= 4 is 11.6 Å². The summed E-state index contributed by atoms with van der Waals surface area (Å²) in [7, 11) is 0. The van der Waals surface area contributed by atoms with Gasteiger partial charge < -0.3 is 20.3 Å². The summed E-state index contributed by atoms with van der Waals surface area (Å²) in [6.07, 6.45) is -0.720. The minimum absolute atomic E-state index is 0.149. The van der Waals surface area contributed by atoms with Gasteiger partial charge in [0.2, 0.25) is 6.79 Å². The summed E-state index contributed by atoms with van der Waals surface area (Å²) in [5.74, 6) is 1.08. The highest BCUT2D eigenvalue weighted by Crippen LogP contribution is 2.40. The van der Waals surface area contributed by atoms with Gasteiger partial charge in [-0.25, -0.2) is 0 Å². The van der Waals surface area contributed by atoms with E-state index in [4.69, 9.17) is 26.8 Å². The van der Waals surface area contributed by atoms with Crippen LogP contribution in [-0.2, 0) is 0 Å². The van der Waals surface area contributed by atoms with Gasteiger partial charge in [-0.2, -0.15) is 0 Å². The van der Waals surface area contributed by atoms with Crippen LogP contribution >= 0.6 is 11.6 Å². The molecule has 4 nitrogen and oxygen atoms in total. The largest absolute Gasteiger partial charge is 0.454 e. The van der Waals surface area contributed by atoms with Crippen molar-refractivity contribution in [2.24, 2.45) is 5.73 Å². The maximum atomic E-state index is 9.50. The lowest BCUT2D eigenvalue weighted by molar-refractivity contribution is 0.173. The highest BCUT2D eigenvalue weighted by Gasteiger charge is 2.20. The lowest BCUT2D eigenvalue weighted by Crippen LogP contribution is -2.11. The molecular weight excluding hydrogens is 206 g/mol. The van der Waals surface area contributed by atoms with E-state index < -0.39 is 6.10 Å². The van der Waals surface area contributed by atoms with Crippen molar-refractivity contribution in [3.63, 3.8) is 0 Å². The summed E-state index contributed by atoms with van der Waals surface area (Å²) in [4.78, 5) is 0. The molecule has 14 heavy (non-hydrogen) atoms. The van der Waals surface area contributed by atoms with E-state index in [0.717, 1.165) is 0 Å². The molecule has 1 aliphatic heterocycles. The van der Waals surface area contributed by atoms with Crippen molar-refractivity contribution in [3.05, 3.63) is 22.7 Å². The van der Waals surface area contributed by atoms with Crippen LogP contribution in [-0.4, -0.2) is 18.4 Å². The first-order valence-corrected chi connectivity index (χ1v) is 4.57. The molecule has 5 heteroatoms. The summed E-state index contributed by atoms with van der Waals surface area (Å²) in [5.41, 5.74) is 5.97. The molecule has 0 spiro atoms. The second-order valence-electron chi connectivity index (χ2n) is 2.99. The van der Waals surface area contributed by atoms with Gasteiger partial charge in [0.05, 0.1) is 11.1 Å². The molecule has 0 aromatic heterocycles. The molecule has 1 atom stereocenters. The second-order valence-corrected chi connectivity index (χ2v) is 3.40. The number of halogens is 1. The molecule has 3 N–H and O–H groups in total. The number of aliphatic hydroxyl groups excluding tert-OH is 1. The fourth-order valence-corrected chi connectivity index (χ4v) is 1.59. The van der Waals surface area contributed by atoms with Gasteiger partial charge in [0.15, 0.2) is 11.5 Å². The molecule has 0 fully saturated rings. The molecular formula is C9H10ClNO3. The maximum Gasteiger partial charge on any atom is 0.231 e. The van der Waals surface area contributed by atoms with Crippen molar-refractivity contribution in [1.29, 1.82) is 0 Å². The lowest BCUT2D eigenvalue weighted by Gasteiger charge is -2.09. The lowest BCUT2D eigenvalue weighted by atomic mass is 10.1. The first kappa shape index (κ1) is 9.58. The number of rotatable bonds is 2. The van der Waals surface area contributed by atoms with Crippen LogP contribution in [0.4, 0.5) is 0 Å². The van der Waals surface area contributed by atoms with Gasteiger partial charge in [-0.15, -0.1) is 0 Å². The standard InChI is InChI=1S/C9H10ClNO3/c10-6-1-5(7(12)3-11)2-8-9(6)14-4-13-8/h1-2,7,12H,3-4,11H2/t7-/m0/s1. The van der Waals surface area contributed by atoms with Crippen molar-refractivity contribution in [2.75, 3.05) is 13.3 Å². The highest BCUT2D eigenvalue weighted by atomic mass is 35.5. The van der Waals surface area contributed by atoms with Gasteiger partial charge in [0.1, 0.15) is 0 Å². The van der Waals surface area contributed by atoms with Crippen LogP contribution in [0.15, 0.2) is 12.1 Å². The third-order valence-electron chi connectivity index (χ3n) is 2.06. The van der Waals surface area contributed by atoms with Crippen LogP contribution in [0.1, 0.15) is 11.7 Å². The fraction of sp³-hybridized carbons (Fsp3) is 0.333. The third-order valence-corrected chi connectivity index (χ3v) is 2.34. The van der Waals surface area contributed by atoms with Crippen LogP contribution in [0.2, 0.25) is 5.02 Å².